The molecule has 0 saturated heterocycles. The van der Waals surface area contributed by atoms with Crippen LogP contribution in [-0.4, -0.2) is 13.7 Å². The molecule has 0 aromatic heterocycles. The Kier molecular flexibility index (Phi) is 4.35. The van der Waals surface area contributed by atoms with Gasteiger partial charge in [0.25, 0.3) is 0 Å². The smallest absolute Gasteiger partial charge is 0.144 e. The van der Waals surface area contributed by atoms with Crippen LogP contribution in [-0.2, 0) is 6.42 Å². The van der Waals surface area contributed by atoms with Crippen molar-refractivity contribution in [1.29, 1.82) is 0 Å². The lowest BCUT2D eigenvalue weighted by Crippen LogP contribution is -2.02. The monoisotopic (exact) mass is 261 g/mol. The van der Waals surface area contributed by atoms with Gasteiger partial charge in [0.05, 0.1) is 11.6 Å². The van der Waals surface area contributed by atoms with Gasteiger partial charge < -0.3 is 10.5 Å². The van der Waals surface area contributed by atoms with Crippen molar-refractivity contribution >= 4 is 15.9 Å². The Morgan fingerprint density at radius 3 is 2.79 bits per heavy atom. The number of aryl methyl sites for hydroxylation is 1. The normalized spacial score (nSPS) is 10.3. The summed E-state index contributed by atoms with van der Waals surface area (Å²) < 4.78 is 19.0. The van der Waals surface area contributed by atoms with Crippen LogP contribution in [0.1, 0.15) is 12.0 Å². The van der Waals surface area contributed by atoms with Crippen LogP contribution in [0.5, 0.6) is 5.75 Å². The van der Waals surface area contributed by atoms with Crippen LogP contribution in [0, 0.1) is 5.82 Å². The second-order valence-corrected chi connectivity index (χ2v) is 3.74. The molecule has 1 rings (SSSR count). The molecular formula is C10H13BrFNO. The Hall–Kier alpha value is -0.610. The molecule has 0 spiro atoms. The minimum absolute atomic E-state index is 0.252. The quantitative estimate of drug-likeness (QED) is 0.904. The number of benzene rings is 1. The molecule has 0 atom stereocenters. The molecule has 0 unspecified atom stereocenters. The van der Waals surface area contributed by atoms with Crippen molar-refractivity contribution in [1.82, 2.24) is 0 Å². The molecule has 0 saturated carbocycles. The SMILES string of the molecule is COc1ccc(CCCN)c(F)c1Br. The summed E-state index contributed by atoms with van der Waals surface area (Å²) in [6.07, 6.45) is 1.45. The van der Waals surface area contributed by atoms with E-state index in [1.54, 1.807) is 12.1 Å². The summed E-state index contributed by atoms with van der Waals surface area (Å²) in [6, 6.07) is 3.48. The van der Waals surface area contributed by atoms with Crippen molar-refractivity contribution in [3.8, 4) is 5.75 Å². The van der Waals surface area contributed by atoms with Crippen molar-refractivity contribution in [2.24, 2.45) is 5.73 Å². The topological polar surface area (TPSA) is 35.2 Å². The van der Waals surface area contributed by atoms with E-state index in [0.717, 1.165) is 6.42 Å². The maximum Gasteiger partial charge on any atom is 0.144 e. The van der Waals surface area contributed by atoms with Crippen molar-refractivity contribution < 1.29 is 9.13 Å². The van der Waals surface area contributed by atoms with Gasteiger partial charge in [-0.05, 0) is 46.9 Å². The fourth-order valence-corrected chi connectivity index (χ4v) is 1.76. The first kappa shape index (κ1) is 11.5. The van der Waals surface area contributed by atoms with Gasteiger partial charge in [-0.15, -0.1) is 0 Å². The van der Waals surface area contributed by atoms with Crippen LogP contribution >= 0.6 is 15.9 Å². The molecule has 0 heterocycles. The molecule has 78 valence electrons. The highest BCUT2D eigenvalue weighted by Crippen LogP contribution is 2.30. The predicted molar refractivity (Wildman–Crippen MR) is 58.0 cm³/mol. The number of hydrogen-bond donors (Lipinski definition) is 1. The lowest BCUT2D eigenvalue weighted by Gasteiger charge is -2.08. The van der Waals surface area contributed by atoms with Gasteiger partial charge in [-0.2, -0.15) is 0 Å². The molecule has 1 aromatic rings. The Labute approximate surface area is 91.4 Å². The molecule has 0 bridgehead atoms. The Balaban J connectivity index is 2.92. The molecule has 4 heteroatoms. The average molecular weight is 262 g/mol. The van der Waals surface area contributed by atoms with Crippen LogP contribution in [0.15, 0.2) is 16.6 Å². The molecule has 1 aromatic carbocycles. The number of nitrogens with two attached hydrogens (primary N) is 1. The van der Waals surface area contributed by atoms with Gasteiger partial charge in [-0.3, -0.25) is 0 Å². The third-order valence-corrected chi connectivity index (χ3v) is 2.74. The zero-order valence-corrected chi connectivity index (χ0v) is 9.60. The van der Waals surface area contributed by atoms with E-state index in [1.165, 1.54) is 7.11 Å². The van der Waals surface area contributed by atoms with Crippen molar-refractivity contribution in [2.75, 3.05) is 13.7 Å². The van der Waals surface area contributed by atoms with E-state index in [9.17, 15) is 4.39 Å². The minimum atomic E-state index is -0.252. The maximum atomic E-state index is 13.6. The standard InChI is InChI=1S/C10H13BrFNO/c1-14-8-5-4-7(3-2-6-13)10(12)9(8)11/h4-5H,2-3,6,13H2,1H3. The number of rotatable bonds is 4. The van der Waals surface area contributed by atoms with Crippen molar-refractivity contribution in [2.45, 2.75) is 12.8 Å². The number of halogens is 2. The highest BCUT2D eigenvalue weighted by atomic mass is 79.9. The zero-order chi connectivity index (χ0) is 10.6. The van der Waals surface area contributed by atoms with Gasteiger partial charge in [0.15, 0.2) is 0 Å². The van der Waals surface area contributed by atoms with Crippen molar-refractivity contribution in [3.63, 3.8) is 0 Å². The lowest BCUT2D eigenvalue weighted by molar-refractivity contribution is 0.407. The van der Waals surface area contributed by atoms with E-state index in [0.29, 0.717) is 28.8 Å². The van der Waals surface area contributed by atoms with E-state index >= 15 is 0 Å². The van der Waals surface area contributed by atoms with Crippen molar-refractivity contribution in [3.05, 3.63) is 28.0 Å². The Morgan fingerprint density at radius 1 is 1.50 bits per heavy atom. The molecule has 0 fully saturated rings. The molecule has 2 nitrogen and oxygen atoms in total. The molecule has 0 amide bonds. The summed E-state index contributed by atoms with van der Waals surface area (Å²) in [5, 5.41) is 0. The maximum absolute atomic E-state index is 13.6. The second-order valence-electron chi connectivity index (χ2n) is 2.95. The number of hydrogen-bond acceptors (Lipinski definition) is 2. The predicted octanol–water partition coefficient (Wildman–Crippen LogP) is 2.49. The van der Waals surface area contributed by atoms with Gasteiger partial charge in [-0.25, -0.2) is 4.39 Å². The van der Waals surface area contributed by atoms with Gasteiger partial charge in [0.2, 0.25) is 0 Å². The highest BCUT2D eigenvalue weighted by Gasteiger charge is 2.10. The van der Waals surface area contributed by atoms with Crippen LogP contribution < -0.4 is 10.5 Å². The zero-order valence-electron chi connectivity index (χ0n) is 8.02. The number of methoxy groups -OCH3 is 1. The molecular weight excluding hydrogens is 249 g/mol. The lowest BCUT2D eigenvalue weighted by atomic mass is 10.1. The summed E-state index contributed by atoms with van der Waals surface area (Å²) in [7, 11) is 1.51. The average Bonchev–Trinajstić information content (AvgIpc) is 2.20. The third kappa shape index (κ3) is 2.45. The van der Waals surface area contributed by atoms with Gasteiger partial charge >= 0.3 is 0 Å². The summed E-state index contributed by atoms with van der Waals surface area (Å²) >= 11 is 3.15. The Bertz CT molecular complexity index is 317. The largest absolute Gasteiger partial charge is 0.495 e. The second kappa shape index (κ2) is 5.32. The summed E-state index contributed by atoms with van der Waals surface area (Å²) in [4.78, 5) is 0. The summed E-state index contributed by atoms with van der Waals surface area (Å²) in [5.74, 6) is 0.261. The molecule has 0 aliphatic rings. The fraction of sp³-hybridized carbons (Fsp3) is 0.400. The molecule has 0 aliphatic carbocycles. The van der Waals surface area contributed by atoms with Crippen LogP contribution in [0.3, 0.4) is 0 Å². The van der Waals surface area contributed by atoms with Gasteiger partial charge in [0, 0.05) is 0 Å². The molecule has 14 heavy (non-hydrogen) atoms. The van der Waals surface area contributed by atoms with E-state index in [2.05, 4.69) is 15.9 Å². The first-order valence-corrected chi connectivity index (χ1v) is 5.21. The molecule has 2 N–H and O–H groups in total. The van der Waals surface area contributed by atoms with E-state index in [1.807, 2.05) is 0 Å². The number of ether oxygens (including phenoxy) is 1. The highest BCUT2D eigenvalue weighted by molar-refractivity contribution is 9.10. The van der Waals surface area contributed by atoms with E-state index < -0.39 is 0 Å². The molecule has 0 aliphatic heterocycles. The van der Waals surface area contributed by atoms with Crippen LogP contribution in [0.2, 0.25) is 0 Å². The van der Waals surface area contributed by atoms with Crippen LogP contribution in [0.25, 0.3) is 0 Å². The van der Waals surface area contributed by atoms with E-state index in [4.69, 9.17) is 10.5 Å². The first-order valence-electron chi connectivity index (χ1n) is 4.41. The summed E-state index contributed by atoms with van der Waals surface area (Å²) in [5.41, 5.74) is 6.03. The fourth-order valence-electron chi connectivity index (χ4n) is 1.21. The minimum Gasteiger partial charge on any atom is -0.495 e. The van der Waals surface area contributed by atoms with Gasteiger partial charge in [-0.1, -0.05) is 6.07 Å². The van der Waals surface area contributed by atoms with E-state index in [-0.39, 0.29) is 5.82 Å². The Morgan fingerprint density at radius 2 is 2.21 bits per heavy atom. The molecule has 0 radical (unpaired) electrons. The third-order valence-electron chi connectivity index (χ3n) is 2.00. The van der Waals surface area contributed by atoms with Gasteiger partial charge in [0.1, 0.15) is 11.6 Å². The first-order chi connectivity index (χ1) is 6.70. The van der Waals surface area contributed by atoms with Crippen LogP contribution in [0.4, 0.5) is 4.39 Å². The summed E-state index contributed by atoms with van der Waals surface area (Å²) in [6.45, 7) is 0.573.